The first kappa shape index (κ1) is 37.0. The van der Waals surface area contributed by atoms with Gasteiger partial charge in [-0.3, -0.25) is 29.4 Å². The molecule has 2 aromatic rings. The van der Waals surface area contributed by atoms with E-state index in [0.29, 0.717) is 17.7 Å². The molecule has 0 spiro atoms. The molecule has 1 heterocycles. The van der Waals surface area contributed by atoms with E-state index in [1.807, 2.05) is 4.90 Å². The average molecular weight is 637 g/mol. The Bertz CT molecular complexity index is 1400. The van der Waals surface area contributed by atoms with Gasteiger partial charge in [0.05, 0.1) is 18.8 Å². The molecule has 17 heteroatoms. The second-order valence-electron chi connectivity index (χ2n) is 9.29. The predicted molar refractivity (Wildman–Crippen MR) is 160 cm³/mol. The van der Waals surface area contributed by atoms with E-state index in [1.165, 1.54) is 4.90 Å². The standard InChI is InChI=1S/C23H28N6O6S.2C2H4O2/c24-22(25)17-6-8-18(9-7-17)28-10-11-29(21(31)14-28)13-20(30)26-12-19(23(32)33)27-36(34,35)15-16-4-2-1-3-5-16;2*1-2(3)4/h1-9,19,27H,10-15H2,(H3,24,25)(H,26,30)(H,32,33);2*1H3,(H,3,4)/t19-;;/m0../s1. The van der Waals surface area contributed by atoms with E-state index in [1.54, 1.807) is 54.6 Å². The number of nitrogens with one attached hydrogen (secondary N) is 3. The van der Waals surface area contributed by atoms with Gasteiger partial charge in [0.1, 0.15) is 11.9 Å². The zero-order valence-corrected chi connectivity index (χ0v) is 24.9. The van der Waals surface area contributed by atoms with Crippen LogP contribution in [0.5, 0.6) is 0 Å². The minimum absolute atomic E-state index is 0.0454. The number of nitrogens with two attached hydrogens (primary N) is 1. The lowest BCUT2D eigenvalue weighted by Gasteiger charge is -2.35. The Hall–Kier alpha value is -5.03. The lowest BCUT2D eigenvalue weighted by atomic mass is 10.1. The molecule has 1 aliphatic heterocycles. The number of aliphatic carboxylic acids is 3. The Morgan fingerprint density at radius 1 is 0.955 bits per heavy atom. The van der Waals surface area contributed by atoms with Gasteiger partial charge in [-0.2, -0.15) is 4.72 Å². The maximum Gasteiger partial charge on any atom is 0.323 e. The van der Waals surface area contributed by atoms with Crippen molar-refractivity contribution in [2.24, 2.45) is 5.73 Å². The minimum atomic E-state index is -3.97. The van der Waals surface area contributed by atoms with E-state index >= 15 is 0 Å². The van der Waals surface area contributed by atoms with Crippen LogP contribution < -0.4 is 20.7 Å². The molecule has 1 fully saturated rings. The SMILES string of the molecule is CC(=O)O.CC(=O)O.N=C(N)c1ccc(N2CCN(CC(=O)NC[C@H](NS(=O)(=O)Cc3ccccc3)C(=O)O)C(=O)C2)cc1. The number of carbonyl (C=O) groups excluding carboxylic acids is 2. The van der Waals surface area contributed by atoms with Crippen molar-refractivity contribution in [3.8, 4) is 0 Å². The van der Waals surface area contributed by atoms with Crippen LogP contribution in [0.2, 0.25) is 0 Å². The number of carbonyl (C=O) groups is 5. The molecule has 0 radical (unpaired) electrons. The van der Waals surface area contributed by atoms with Crippen molar-refractivity contribution < 1.29 is 47.7 Å². The van der Waals surface area contributed by atoms with Gasteiger partial charge in [0.15, 0.2) is 0 Å². The molecule has 0 saturated carbocycles. The fourth-order valence-corrected chi connectivity index (χ4v) is 4.96. The number of benzene rings is 2. The third kappa shape index (κ3) is 14.7. The van der Waals surface area contributed by atoms with Gasteiger partial charge in [0.25, 0.3) is 11.9 Å². The summed E-state index contributed by atoms with van der Waals surface area (Å²) in [6.45, 7) is 2.20. The highest BCUT2D eigenvalue weighted by atomic mass is 32.2. The van der Waals surface area contributed by atoms with Gasteiger partial charge in [0.2, 0.25) is 21.8 Å². The van der Waals surface area contributed by atoms with Crippen molar-refractivity contribution in [1.82, 2.24) is 14.9 Å². The van der Waals surface area contributed by atoms with Gasteiger partial charge in [-0.15, -0.1) is 0 Å². The van der Waals surface area contributed by atoms with E-state index in [-0.39, 0.29) is 31.4 Å². The third-order valence-electron chi connectivity index (χ3n) is 5.52. The maximum absolute atomic E-state index is 12.6. The van der Waals surface area contributed by atoms with Crippen molar-refractivity contribution >= 4 is 51.3 Å². The van der Waals surface area contributed by atoms with Crippen LogP contribution in [0.15, 0.2) is 54.6 Å². The van der Waals surface area contributed by atoms with Crippen molar-refractivity contribution in [3.63, 3.8) is 0 Å². The van der Waals surface area contributed by atoms with E-state index in [4.69, 9.17) is 30.9 Å². The Morgan fingerprint density at radius 2 is 1.50 bits per heavy atom. The highest BCUT2D eigenvalue weighted by Crippen LogP contribution is 2.17. The number of amides is 2. The molecule has 0 aromatic heterocycles. The largest absolute Gasteiger partial charge is 0.481 e. The lowest BCUT2D eigenvalue weighted by molar-refractivity contribution is -0.139. The molecule has 8 N–H and O–H groups in total. The summed E-state index contributed by atoms with van der Waals surface area (Å²) in [6, 6.07) is 13.6. The normalized spacial score (nSPS) is 13.3. The lowest BCUT2D eigenvalue weighted by Crippen LogP contribution is -2.54. The summed E-state index contributed by atoms with van der Waals surface area (Å²) in [6.07, 6.45) is 0. The molecule has 1 aliphatic rings. The quantitative estimate of drug-likeness (QED) is 0.122. The minimum Gasteiger partial charge on any atom is -0.481 e. The number of nitrogen functional groups attached to an aromatic ring is 1. The molecule has 0 aliphatic carbocycles. The Labute approximate surface area is 254 Å². The number of hydrogen-bond donors (Lipinski definition) is 7. The van der Waals surface area contributed by atoms with E-state index in [0.717, 1.165) is 19.5 Å². The fraction of sp³-hybridized carbons (Fsp3) is 0.333. The fourth-order valence-electron chi connectivity index (χ4n) is 3.62. The van der Waals surface area contributed by atoms with Crippen LogP contribution in [-0.4, -0.2) is 103 Å². The zero-order valence-electron chi connectivity index (χ0n) is 24.1. The van der Waals surface area contributed by atoms with E-state index in [9.17, 15) is 27.9 Å². The Balaban J connectivity index is 0.00000108. The molecular formula is C27H36N6O10S. The summed E-state index contributed by atoms with van der Waals surface area (Å²) in [7, 11) is -3.97. The monoisotopic (exact) mass is 636 g/mol. The van der Waals surface area contributed by atoms with Gasteiger partial charge in [0, 0.05) is 44.7 Å². The van der Waals surface area contributed by atoms with Crippen LogP contribution in [0, 0.1) is 5.41 Å². The molecule has 1 saturated heterocycles. The van der Waals surface area contributed by atoms with Gasteiger partial charge in [-0.25, -0.2) is 8.42 Å². The second-order valence-corrected chi connectivity index (χ2v) is 11.0. The molecule has 0 unspecified atom stereocenters. The first-order valence-electron chi connectivity index (χ1n) is 12.9. The number of piperazine rings is 1. The third-order valence-corrected chi connectivity index (χ3v) is 6.88. The summed E-state index contributed by atoms with van der Waals surface area (Å²) < 4.78 is 26.8. The molecule has 240 valence electrons. The van der Waals surface area contributed by atoms with Crippen molar-refractivity contribution in [3.05, 3.63) is 65.7 Å². The number of anilines is 1. The molecule has 0 bridgehead atoms. The van der Waals surface area contributed by atoms with E-state index in [2.05, 4.69) is 10.0 Å². The van der Waals surface area contributed by atoms with Crippen LogP contribution in [-0.2, 0) is 39.7 Å². The van der Waals surface area contributed by atoms with Gasteiger partial charge in [-0.1, -0.05) is 30.3 Å². The number of amidine groups is 1. The highest BCUT2D eigenvalue weighted by Gasteiger charge is 2.28. The number of carboxylic acid groups (broad SMARTS) is 3. The maximum atomic E-state index is 12.6. The smallest absolute Gasteiger partial charge is 0.323 e. The summed E-state index contributed by atoms with van der Waals surface area (Å²) in [5, 5.41) is 34.1. The number of sulfonamides is 1. The zero-order chi connectivity index (χ0) is 33.4. The van der Waals surface area contributed by atoms with Crippen LogP contribution in [0.1, 0.15) is 25.0 Å². The van der Waals surface area contributed by atoms with Crippen LogP contribution in [0.25, 0.3) is 0 Å². The van der Waals surface area contributed by atoms with E-state index < -0.39 is 52.2 Å². The molecule has 16 nitrogen and oxygen atoms in total. The van der Waals surface area contributed by atoms with Crippen molar-refractivity contribution in [2.45, 2.75) is 25.6 Å². The topological polar surface area (TPSA) is 261 Å². The molecule has 2 aromatic carbocycles. The second kappa shape index (κ2) is 17.8. The molecular weight excluding hydrogens is 600 g/mol. The number of hydrogen-bond acceptors (Lipinski definition) is 9. The molecule has 1 atom stereocenters. The summed E-state index contributed by atoms with van der Waals surface area (Å²) in [5.41, 5.74) is 7.30. The highest BCUT2D eigenvalue weighted by molar-refractivity contribution is 7.88. The van der Waals surface area contributed by atoms with Gasteiger partial charge < -0.3 is 36.2 Å². The molecule has 44 heavy (non-hydrogen) atoms. The summed E-state index contributed by atoms with van der Waals surface area (Å²) in [4.78, 5) is 57.7. The Morgan fingerprint density at radius 3 is 1.98 bits per heavy atom. The summed E-state index contributed by atoms with van der Waals surface area (Å²) >= 11 is 0. The van der Waals surface area contributed by atoms with Crippen LogP contribution >= 0.6 is 0 Å². The average Bonchev–Trinajstić information content (AvgIpc) is 2.91. The number of rotatable bonds is 11. The summed E-state index contributed by atoms with van der Waals surface area (Å²) in [5.74, 6) is -4.45. The molecule has 2 amide bonds. The van der Waals surface area contributed by atoms with Crippen molar-refractivity contribution in [1.29, 1.82) is 5.41 Å². The number of nitrogens with zero attached hydrogens (tertiary/aromatic N) is 2. The van der Waals surface area contributed by atoms with Crippen LogP contribution in [0.4, 0.5) is 5.69 Å². The number of carboxylic acids is 3. The van der Waals surface area contributed by atoms with Crippen LogP contribution in [0.3, 0.4) is 0 Å². The van der Waals surface area contributed by atoms with Gasteiger partial charge >= 0.3 is 5.97 Å². The Kier molecular flexibility index (Phi) is 15.0. The molecule has 3 rings (SSSR count). The predicted octanol–water partition coefficient (Wildman–Crippen LogP) is -0.510. The van der Waals surface area contributed by atoms with Gasteiger partial charge in [-0.05, 0) is 29.8 Å². The first-order chi connectivity index (χ1) is 20.5. The first-order valence-corrected chi connectivity index (χ1v) is 14.6. The van der Waals surface area contributed by atoms with Crippen molar-refractivity contribution in [2.75, 3.05) is 37.6 Å².